The van der Waals surface area contributed by atoms with Gasteiger partial charge in [0.15, 0.2) is 11.6 Å². The molecule has 0 bridgehead atoms. The second kappa shape index (κ2) is 5.17. The molecular weight excluding hydrogens is 323 g/mol. The molecule has 3 rings (SSSR count). The molecule has 0 amide bonds. The molecule has 0 saturated heterocycles. The third-order valence-corrected chi connectivity index (χ3v) is 3.97. The number of aliphatic hydroxyl groups is 1. The van der Waals surface area contributed by atoms with Gasteiger partial charge in [0.25, 0.3) is 5.72 Å². The SMILES string of the molecule is CC(=O)C(O)(NC1=C2C(=Cc3ccccc32)C(=O)C=C1)C(F)(F)F. The molecule has 0 radical (unpaired) electrons. The molecule has 0 heterocycles. The Morgan fingerprint density at radius 2 is 1.83 bits per heavy atom. The maximum Gasteiger partial charge on any atom is 0.444 e. The van der Waals surface area contributed by atoms with E-state index < -0.39 is 17.7 Å². The first-order chi connectivity index (χ1) is 11.1. The van der Waals surface area contributed by atoms with Crippen molar-refractivity contribution < 1.29 is 27.9 Å². The van der Waals surface area contributed by atoms with Crippen LogP contribution in [0.5, 0.6) is 0 Å². The van der Waals surface area contributed by atoms with E-state index in [2.05, 4.69) is 0 Å². The summed E-state index contributed by atoms with van der Waals surface area (Å²) in [4.78, 5) is 23.4. The average Bonchev–Trinajstić information content (AvgIpc) is 2.89. The van der Waals surface area contributed by atoms with Crippen molar-refractivity contribution in [2.75, 3.05) is 0 Å². The molecule has 0 saturated carbocycles. The molecule has 2 aliphatic rings. The van der Waals surface area contributed by atoms with E-state index in [1.54, 1.807) is 30.3 Å². The number of hydrogen-bond acceptors (Lipinski definition) is 4. The highest BCUT2D eigenvalue weighted by Crippen LogP contribution is 2.41. The van der Waals surface area contributed by atoms with Gasteiger partial charge in [0.1, 0.15) is 0 Å². The number of carbonyl (C=O) groups excluding carboxylic acids is 2. The second-order valence-electron chi connectivity index (χ2n) is 5.52. The number of fused-ring (bicyclic) bond motifs is 3. The van der Waals surface area contributed by atoms with Crippen LogP contribution in [0.1, 0.15) is 18.1 Å². The summed E-state index contributed by atoms with van der Waals surface area (Å²) in [6, 6.07) is 6.80. The van der Waals surface area contributed by atoms with Crippen molar-refractivity contribution in [1.82, 2.24) is 5.32 Å². The van der Waals surface area contributed by atoms with Crippen molar-refractivity contribution in [3.63, 3.8) is 0 Å². The summed E-state index contributed by atoms with van der Waals surface area (Å²) < 4.78 is 39.5. The van der Waals surface area contributed by atoms with Crippen LogP contribution in [0.25, 0.3) is 11.6 Å². The summed E-state index contributed by atoms with van der Waals surface area (Å²) >= 11 is 0. The maximum absolute atomic E-state index is 13.2. The molecule has 2 N–H and O–H groups in total. The quantitative estimate of drug-likeness (QED) is 0.833. The summed E-state index contributed by atoms with van der Waals surface area (Å²) in [5.74, 6) is -1.85. The highest BCUT2D eigenvalue weighted by molar-refractivity contribution is 6.24. The van der Waals surface area contributed by atoms with Gasteiger partial charge in [-0.2, -0.15) is 13.2 Å². The van der Waals surface area contributed by atoms with Crippen molar-refractivity contribution >= 4 is 23.2 Å². The fraction of sp³-hybridized carbons (Fsp3) is 0.176. The normalized spacial score (nSPS) is 18.7. The number of ketones is 2. The first-order valence-corrected chi connectivity index (χ1v) is 7.01. The first-order valence-electron chi connectivity index (χ1n) is 7.01. The van der Waals surface area contributed by atoms with Crippen molar-refractivity contribution in [1.29, 1.82) is 0 Å². The molecule has 124 valence electrons. The Hall–Kier alpha value is -2.67. The van der Waals surface area contributed by atoms with E-state index in [-0.39, 0.29) is 22.6 Å². The summed E-state index contributed by atoms with van der Waals surface area (Å²) in [6.07, 6.45) is -1.42. The molecule has 4 nitrogen and oxygen atoms in total. The number of halogens is 3. The molecule has 0 aromatic heterocycles. The molecule has 0 fully saturated rings. The van der Waals surface area contributed by atoms with E-state index in [0.717, 1.165) is 12.2 Å². The molecule has 1 aromatic rings. The standard InChI is InChI=1S/C17H12F3NO3/c1-9(22)16(24,17(18,19)20)21-13-6-7-14(23)12-8-10-4-2-3-5-11(10)15(12)13/h2-8,21,24H,1H3. The minimum absolute atomic E-state index is 0.138. The van der Waals surface area contributed by atoms with Gasteiger partial charge in [-0.15, -0.1) is 0 Å². The zero-order valence-corrected chi connectivity index (χ0v) is 12.4. The molecule has 2 aliphatic carbocycles. The number of hydrogen-bond donors (Lipinski definition) is 2. The average molecular weight is 335 g/mol. The lowest BCUT2D eigenvalue weighted by molar-refractivity contribution is -0.257. The zero-order chi connectivity index (χ0) is 17.7. The molecule has 1 aromatic carbocycles. The minimum Gasteiger partial charge on any atom is -0.358 e. The minimum atomic E-state index is -5.22. The van der Waals surface area contributed by atoms with E-state index in [0.29, 0.717) is 18.1 Å². The second-order valence-corrected chi connectivity index (χ2v) is 5.52. The third-order valence-electron chi connectivity index (χ3n) is 3.97. The van der Waals surface area contributed by atoms with Crippen LogP contribution >= 0.6 is 0 Å². The number of carbonyl (C=O) groups is 2. The fourth-order valence-corrected chi connectivity index (χ4v) is 2.70. The van der Waals surface area contributed by atoms with E-state index in [4.69, 9.17) is 0 Å². The molecule has 1 unspecified atom stereocenters. The maximum atomic E-state index is 13.2. The topological polar surface area (TPSA) is 66.4 Å². The molecule has 1 atom stereocenters. The predicted molar refractivity (Wildman–Crippen MR) is 80.3 cm³/mol. The fourth-order valence-electron chi connectivity index (χ4n) is 2.70. The summed E-state index contributed by atoms with van der Waals surface area (Å²) in [5.41, 5.74) is -2.18. The summed E-state index contributed by atoms with van der Waals surface area (Å²) in [6.45, 7) is 0.642. The van der Waals surface area contributed by atoms with Crippen LogP contribution in [0, 0.1) is 0 Å². The van der Waals surface area contributed by atoms with Crippen LogP contribution in [-0.2, 0) is 9.59 Å². The summed E-state index contributed by atoms with van der Waals surface area (Å²) in [7, 11) is 0. The van der Waals surface area contributed by atoms with Crippen molar-refractivity contribution in [3.8, 4) is 0 Å². The van der Waals surface area contributed by atoms with Crippen molar-refractivity contribution in [2.45, 2.75) is 18.8 Å². The van der Waals surface area contributed by atoms with Gasteiger partial charge in [0, 0.05) is 16.8 Å². The first kappa shape index (κ1) is 16.2. The van der Waals surface area contributed by atoms with Gasteiger partial charge in [0.05, 0.1) is 0 Å². The van der Waals surface area contributed by atoms with Crippen molar-refractivity contribution in [2.24, 2.45) is 0 Å². The Balaban J connectivity index is 2.16. The monoisotopic (exact) mass is 335 g/mol. The molecule has 0 aliphatic heterocycles. The van der Waals surface area contributed by atoms with Crippen LogP contribution in [0.15, 0.2) is 47.7 Å². The lowest BCUT2D eigenvalue weighted by Gasteiger charge is -2.31. The predicted octanol–water partition coefficient (Wildman–Crippen LogP) is 2.36. The Morgan fingerprint density at radius 1 is 1.17 bits per heavy atom. The number of benzene rings is 1. The van der Waals surface area contributed by atoms with Gasteiger partial charge in [-0.1, -0.05) is 24.3 Å². The van der Waals surface area contributed by atoms with Gasteiger partial charge in [-0.3, -0.25) is 9.59 Å². The number of nitrogens with one attached hydrogen (secondary N) is 1. The van der Waals surface area contributed by atoms with Crippen LogP contribution in [-0.4, -0.2) is 28.6 Å². The van der Waals surface area contributed by atoms with Gasteiger partial charge in [-0.25, -0.2) is 0 Å². The van der Waals surface area contributed by atoms with Gasteiger partial charge < -0.3 is 10.4 Å². The molecule has 0 spiro atoms. The highest BCUT2D eigenvalue weighted by Gasteiger charge is 2.58. The largest absolute Gasteiger partial charge is 0.444 e. The Kier molecular flexibility index (Phi) is 3.49. The Bertz CT molecular complexity index is 849. The number of alkyl halides is 3. The Morgan fingerprint density at radius 3 is 2.46 bits per heavy atom. The third kappa shape index (κ3) is 2.28. The van der Waals surface area contributed by atoms with Gasteiger partial charge in [-0.05, 0) is 36.3 Å². The molecule has 24 heavy (non-hydrogen) atoms. The molecular formula is C17H12F3NO3. The van der Waals surface area contributed by atoms with Crippen LogP contribution < -0.4 is 5.32 Å². The van der Waals surface area contributed by atoms with E-state index in [1.165, 1.54) is 0 Å². The van der Waals surface area contributed by atoms with E-state index >= 15 is 0 Å². The number of Topliss-reactive ketones (excluding diaryl/α,β-unsaturated/α-hetero) is 1. The van der Waals surface area contributed by atoms with Gasteiger partial charge in [0.2, 0.25) is 0 Å². The van der Waals surface area contributed by atoms with Gasteiger partial charge >= 0.3 is 6.18 Å². The van der Waals surface area contributed by atoms with Crippen LogP contribution in [0.4, 0.5) is 13.2 Å². The van der Waals surface area contributed by atoms with E-state index in [9.17, 15) is 27.9 Å². The Labute approximate surface area is 135 Å². The number of allylic oxidation sites excluding steroid dienone is 4. The van der Waals surface area contributed by atoms with Crippen LogP contribution in [0.2, 0.25) is 0 Å². The molecule has 7 heteroatoms. The number of rotatable bonds is 3. The van der Waals surface area contributed by atoms with Crippen molar-refractivity contribution in [3.05, 3.63) is 58.8 Å². The lowest BCUT2D eigenvalue weighted by atomic mass is 9.93. The smallest absolute Gasteiger partial charge is 0.358 e. The lowest BCUT2D eigenvalue weighted by Crippen LogP contribution is -2.61. The zero-order valence-electron chi connectivity index (χ0n) is 12.4. The summed E-state index contributed by atoms with van der Waals surface area (Å²) in [5, 5.41) is 11.7. The van der Waals surface area contributed by atoms with Crippen LogP contribution in [0.3, 0.4) is 0 Å². The highest BCUT2D eigenvalue weighted by atomic mass is 19.4. The van der Waals surface area contributed by atoms with E-state index in [1.807, 2.05) is 5.32 Å².